The third-order valence-corrected chi connectivity index (χ3v) is 2.70. The van der Waals surface area contributed by atoms with Gasteiger partial charge in [0.2, 0.25) is 5.89 Å². The lowest BCUT2D eigenvalue weighted by Crippen LogP contribution is -2.37. The number of rotatable bonds is 4. The van der Waals surface area contributed by atoms with Crippen molar-refractivity contribution < 1.29 is 4.42 Å². The third-order valence-electron chi connectivity index (χ3n) is 2.11. The van der Waals surface area contributed by atoms with E-state index in [4.69, 9.17) is 4.42 Å². The molecule has 0 radical (unpaired) electrons. The summed E-state index contributed by atoms with van der Waals surface area (Å²) in [5, 5.41) is 13.2. The Morgan fingerprint density at radius 1 is 1.35 bits per heavy atom. The largest absolute Gasteiger partial charge is 0.419 e. The third kappa shape index (κ3) is 3.61. The molecule has 2 heterocycles. The Balaban J connectivity index is 1.91. The molecule has 0 fully saturated rings. The van der Waals surface area contributed by atoms with E-state index in [-0.39, 0.29) is 5.54 Å². The van der Waals surface area contributed by atoms with Crippen LogP contribution in [0.5, 0.6) is 0 Å². The topological polar surface area (TPSA) is 63.8 Å². The molecule has 0 spiro atoms. The predicted octanol–water partition coefficient (Wildman–Crippen LogP) is 2.12. The smallest absolute Gasteiger partial charge is 0.267 e. The Kier molecular flexibility index (Phi) is 3.54. The van der Waals surface area contributed by atoms with Crippen molar-refractivity contribution in [2.45, 2.75) is 32.7 Å². The van der Waals surface area contributed by atoms with E-state index >= 15 is 0 Å². The first-order valence-corrected chi connectivity index (χ1v) is 6.45. The van der Waals surface area contributed by atoms with E-state index in [1.165, 1.54) is 11.3 Å². The molecule has 0 atom stereocenters. The van der Waals surface area contributed by atoms with Gasteiger partial charge in [0.1, 0.15) is 5.69 Å². The molecule has 2 aromatic heterocycles. The minimum atomic E-state index is 0.109. The van der Waals surface area contributed by atoms with Gasteiger partial charge in [0.05, 0.1) is 5.51 Å². The van der Waals surface area contributed by atoms with Crippen LogP contribution in [-0.4, -0.2) is 27.3 Å². The molecule has 5 nitrogen and oxygen atoms in total. The van der Waals surface area contributed by atoms with Crippen molar-refractivity contribution in [2.24, 2.45) is 0 Å². The monoisotopic (exact) mass is 252 g/mol. The fraction of sp³-hybridized carbons (Fsp3) is 0.545. The number of hydrogen-bond acceptors (Lipinski definition) is 6. The van der Waals surface area contributed by atoms with E-state index in [0.29, 0.717) is 11.8 Å². The van der Waals surface area contributed by atoms with Gasteiger partial charge in [-0.05, 0) is 20.8 Å². The molecule has 0 unspecified atom stereocenters. The maximum absolute atomic E-state index is 5.52. The standard InChI is InChI=1S/C11H16N4OS/c1-11(2,3)13-5-4-9-14-15-10(16-9)8-6-17-7-12-8/h6-7,13H,4-5H2,1-3H3. The van der Waals surface area contributed by atoms with Crippen molar-refractivity contribution in [3.05, 3.63) is 16.8 Å². The van der Waals surface area contributed by atoms with Crippen molar-refractivity contribution in [1.29, 1.82) is 0 Å². The van der Waals surface area contributed by atoms with Gasteiger partial charge in [0.15, 0.2) is 0 Å². The Hall–Kier alpha value is -1.27. The molecule has 0 aliphatic carbocycles. The summed E-state index contributed by atoms with van der Waals surface area (Å²) in [6, 6.07) is 0. The van der Waals surface area contributed by atoms with E-state index in [2.05, 4.69) is 41.3 Å². The highest BCUT2D eigenvalue weighted by Gasteiger charge is 2.12. The predicted molar refractivity (Wildman–Crippen MR) is 66.9 cm³/mol. The maximum Gasteiger partial charge on any atom is 0.267 e. The first-order chi connectivity index (χ1) is 8.04. The average Bonchev–Trinajstić information content (AvgIpc) is 2.83. The van der Waals surface area contributed by atoms with Crippen LogP contribution in [0, 0.1) is 0 Å². The van der Waals surface area contributed by atoms with Crippen LogP contribution in [-0.2, 0) is 6.42 Å². The first-order valence-electron chi connectivity index (χ1n) is 5.50. The summed E-state index contributed by atoms with van der Waals surface area (Å²) in [7, 11) is 0. The maximum atomic E-state index is 5.52. The summed E-state index contributed by atoms with van der Waals surface area (Å²) in [5.41, 5.74) is 2.61. The second kappa shape index (κ2) is 4.93. The van der Waals surface area contributed by atoms with Crippen molar-refractivity contribution in [3.8, 4) is 11.6 Å². The Labute approximate surface area is 104 Å². The fourth-order valence-electron chi connectivity index (χ4n) is 1.32. The summed E-state index contributed by atoms with van der Waals surface area (Å²) in [6.07, 6.45) is 0.731. The van der Waals surface area contributed by atoms with Crippen LogP contribution in [0.1, 0.15) is 26.7 Å². The SMILES string of the molecule is CC(C)(C)NCCc1nnc(-c2cscn2)o1. The van der Waals surface area contributed by atoms with Crippen LogP contribution in [0.2, 0.25) is 0 Å². The van der Waals surface area contributed by atoms with Crippen LogP contribution in [0.4, 0.5) is 0 Å². The number of hydrogen-bond donors (Lipinski definition) is 1. The summed E-state index contributed by atoms with van der Waals surface area (Å²) in [5.74, 6) is 1.14. The van der Waals surface area contributed by atoms with Crippen LogP contribution in [0.3, 0.4) is 0 Å². The summed E-state index contributed by atoms with van der Waals surface area (Å²) < 4.78 is 5.52. The molecular formula is C11H16N4OS. The van der Waals surface area contributed by atoms with Gasteiger partial charge in [-0.15, -0.1) is 21.5 Å². The zero-order chi connectivity index (χ0) is 12.3. The van der Waals surface area contributed by atoms with Gasteiger partial charge < -0.3 is 9.73 Å². The van der Waals surface area contributed by atoms with Crippen LogP contribution in [0.25, 0.3) is 11.6 Å². The number of nitrogens with one attached hydrogen (secondary N) is 1. The van der Waals surface area contributed by atoms with Crippen molar-refractivity contribution >= 4 is 11.3 Å². The lowest BCUT2D eigenvalue weighted by atomic mass is 10.1. The van der Waals surface area contributed by atoms with E-state index in [1.54, 1.807) is 5.51 Å². The zero-order valence-electron chi connectivity index (χ0n) is 10.2. The highest BCUT2D eigenvalue weighted by molar-refractivity contribution is 7.07. The molecule has 0 bridgehead atoms. The molecule has 0 aliphatic heterocycles. The summed E-state index contributed by atoms with van der Waals surface area (Å²) in [6.45, 7) is 7.20. The van der Waals surface area contributed by atoms with Gasteiger partial charge in [-0.25, -0.2) is 4.98 Å². The second-order valence-electron chi connectivity index (χ2n) is 4.80. The lowest BCUT2D eigenvalue weighted by Gasteiger charge is -2.19. The molecule has 92 valence electrons. The molecule has 0 aromatic carbocycles. The highest BCUT2D eigenvalue weighted by Crippen LogP contribution is 2.17. The van der Waals surface area contributed by atoms with E-state index < -0.39 is 0 Å². The molecule has 0 amide bonds. The van der Waals surface area contributed by atoms with E-state index in [0.717, 1.165) is 18.7 Å². The highest BCUT2D eigenvalue weighted by atomic mass is 32.1. The molecule has 2 aromatic rings. The molecule has 2 rings (SSSR count). The van der Waals surface area contributed by atoms with Crippen LogP contribution in [0.15, 0.2) is 15.3 Å². The van der Waals surface area contributed by atoms with Crippen molar-refractivity contribution in [1.82, 2.24) is 20.5 Å². The summed E-state index contributed by atoms with van der Waals surface area (Å²) >= 11 is 1.51. The molecule has 17 heavy (non-hydrogen) atoms. The minimum Gasteiger partial charge on any atom is -0.419 e. The Morgan fingerprint density at radius 2 is 2.18 bits per heavy atom. The van der Waals surface area contributed by atoms with Crippen molar-refractivity contribution in [2.75, 3.05) is 6.54 Å². The van der Waals surface area contributed by atoms with E-state index in [1.807, 2.05) is 5.38 Å². The fourth-order valence-corrected chi connectivity index (χ4v) is 1.85. The normalized spacial score (nSPS) is 11.9. The van der Waals surface area contributed by atoms with E-state index in [9.17, 15) is 0 Å². The van der Waals surface area contributed by atoms with Gasteiger partial charge >= 0.3 is 0 Å². The first kappa shape index (κ1) is 12.2. The molecule has 0 aliphatic rings. The number of aromatic nitrogens is 3. The Bertz CT molecular complexity index is 458. The molecule has 0 saturated carbocycles. The molecule has 0 saturated heterocycles. The molecule has 6 heteroatoms. The van der Waals surface area contributed by atoms with Crippen LogP contribution < -0.4 is 5.32 Å². The Morgan fingerprint density at radius 3 is 2.82 bits per heavy atom. The van der Waals surface area contributed by atoms with Gasteiger partial charge in [-0.2, -0.15) is 0 Å². The van der Waals surface area contributed by atoms with Gasteiger partial charge in [-0.1, -0.05) is 0 Å². The summed E-state index contributed by atoms with van der Waals surface area (Å²) in [4.78, 5) is 4.13. The number of nitrogens with zero attached hydrogens (tertiary/aromatic N) is 3. The molecule has 1 N–H and O–H groups in total. The van der Waals surface area contributed by atoms with Crippen molar-refractivity contribution in [3.63, 3.8) is 0 Å². The lowest BCUT2D eigenvalue weighted by molar-refractivity contribution is 0.411. The zero-order valence-corrected chi connectivity index (χ0v) is 11.0. The average molecular weight is 252 g/mol. The van der Waals surface area contributed by atoms with Gasteiger partial charge in [0, 0.05) is 23.9 Å². The van der Waals surface area contributed by atoms with Gasteiger partial charge in [0.25, 0.3) is 5.89 Å². The van der Waals surface area contributed by atoms with Gasteiger partial charge in [-0.3, -0.25) is 0 Å². The quantitative estimate of drug-likeness (QED) is 0.903. The minimum absolute atomic E-state index is 0.109. The van der Waals surface area contributed by atoms with Crippen LogP contribution >= 0.6 is 11.3 Å². The molecular weight excluding hydrogens is 236 g/mol. The number of thiazole rings is 1. The second-order valence-corrected chi connectivity index (χ2v) is 5.52.